The Kier molecular flexibility index (Phi) is 4.81. The first kappa shape index (κ1) is 13.9. The van der Waals surface area contributed by atoms with Crippen LogP contribution in [0, 0.1) is 6.92 Å². The summed E-state index contributed by atoms with van der Waals surface area (Å²) in [4.78, 5) is 0. The molecule has 0 amide bonds. The van der Waals surface area contributed by atoms with Gasteiger partial charge in [0.25, 0.3) is 5.22 Å². The lowest BCUT2D eigenvalue weighted by molar-refractivity contribution is 0.340. The standard InChI is InChI=1S/C13H17N3O2S/c1-3-17-11-6-4-10(5-7-11)12(14)8-19-13-16-15-9(2)18-13/h4-7,12H,3,8,14H2,1-2H3. The van der Waals surface area contributed by atoms with Crippen molar-refractivity contribution < 1.29 is 9.15 Å². The van der Waals surface area contributed by atoms with Gasteiger partial charge in [-0.2, -0.15) is 0 Å². The summed E-state index contributed by atoms with van der Waals surface area (Å²) in [6.07, 6.45) is 0. The number of hydrogen-bond donors (Lipinski definition) is 1. The minimum atomic E-state index is -0.0760. The van der Waals surface area contributed by atoms with Crippen LogP contribution >= 0.6 is 11.8 Å². The maximum atomic E-state index is 6.12. The number of nitrogens with zero attached hydrogens (tertiary/aromatic N) is 2. The fourth-order valence-corrected chi connectivity index (χ4v) is 2.36. The highest BCUT2D eigenvalue weighted by Crippen LogP contribution is 2.23. The third-order valence-electron chi connectivity index (χ3n) is 2.51. The number of rotatable bonds is 6. The highest BCUT2D eigenvalue weighted by molar-refractivity contribution is 7.99. The number of benzene rings is 1. The monoisotopic (exact) mass is 279 g/mol. The average molecular weight is 279 g/mol. The van der Waals surface area contributed by atoms with Crippen LogP contribution < -0.4 is 10.5 Å². The van der Waals surface area contributed by atoms with Gasteiger partial charge in [0.05, 0.1) is 6.61 Å². The minimum Gasteiger partial charge on any atom is -0.494 e. The Morgan fingerprint density at radius 2 is 2.05 bits per heavy atom. The van der Waals surface area contributed by atoms with E-state index in [1.807, 2.05) is 31.2 Å². The number of thioether (sulfide) groups is 1. The summed E-state index contributed by atoms with van der Waals surface area (Å²) in [7, 11) is 0. The molecule has 0 saturated carbocycles. The summed E-state index contributed by atoms with van der Waals surface area (Å²) >= 11 is 1.46. The zero-order valence-electron chi connectivity index (χ0n) is 11.0. The molecule has 19 heavy (non-hydrogen) atoms. The number of aromatic nitrogens is 2. The van der Waals surface area contributed by atoms with Crippen molar-refractivity contribution in [3.63, 3.8) is 0 Å². The van der Waals surface area contributed by atoms with Crippen LogP contribution in [0.4, 0.5) is 0 Å². The lowest BCUT2D eigenvalue weighted by atomic mass is 10.1. The van der Waals surface area contributed by atoms with Crippen LogP contribution in [0.2, 0.25) is 0 Å². The van der Waals surface area contributed by atoms with Gasteiger partial charge in [-0.15, -0.1) is 10.2 Å². The SMILES string of the molecule is CCOc1ccc(C(N)CSc2nnc(C)o2)cc1. The summed E-state index contributed by atoms with van der Waals surface area (Å²) in [5.41, 5.74) is 7.18. The molecule has 0 bridgehead atoms. The van der Waals surface area contributed by atoms with Crippen molar-refractivity contribution in [1.29, 1.82) is 0 Å². The van der Waals surface area contributed by atoms with E-state index in [9.17, 15) is 0 Å². The Bertz CT molecular complexity index is 513. The smallest absolute Gasteiger partial charge is 0.276 e. The summed E-state index contributed by atoms with van der Waals surface area (Å²) in [6, 6.07) is 7.75. The molecule has 5 nitrogen and oxygen atoms in total. The van der Waals surface area contributed by atoms with E-state index < -0.39 is 0 Å². The van der Waals surface area contributed by atoms with E-state index in [0.717, 1.165) is 11.3 Å². The first-order valence-corrected chi connectivity index (χ1v) is 7.09. The fourth-order valence-electron chi connectivity index (χ4n) is 1.57. The molecule has 102 valence electrons. The maximum Gasteiger partial charge on any atom is 0.276 e. The summed E-state index contributed by atoms with van der Waals surface area (Å²) in [5.74, 6) is 2.12. The average Bonchev–Trinajstić information content (AvgIpc) is 2.83. The third-order valence-corrected chi connectivity index (χ3v) is 3.45. The molecule has 2 rings (SSSR count). The molecule has 0 saturated heterocycles. The van der Waals surface area contributed by atoms with E-state index in [2.05, 4.69) is 10.2 Å². The van der Waals surface area contributed by atoms with Gasteiger partial charge in [-0.25, -0.2) is 0 Å². The first-order chi connectivity index (χ1) is 9.19. The summed E-state index contributed by atoms with van der Waals surface area (Å²) in [5, 5.41) is 8.25. The van der Waals surface area contributed by atoms with Crippen molar-refractivity contribution in [2.45, 2.75) is 25.1 Å². The predicted octanol–water partition coefficient (Wildman–Crippen LogP) is 2.57. The molecular formula is C13H17N3O2S. The molecule has 0 aliphatic rings. The third kappa shape index (κ3) is 3.97. The molecular weight excluding hydrogens is 262 g/mol. The lowest BCUT2D eigenvalue weighted by Gasteiger charge is -2.11. The van der Waals surface area contributed by atoms with Crippen LogP contribution in [0.5, 0.6) is 5.75 Å². The van der Waals surface area contributed by atoms with Crippen molar-refractivity contribution in [2.75, 3.05) is 12.4 Å². The Hall–Kier alpha value is -1.53. The molecule has 0 spiro atoms. The van der Waals surface area contributed by atoms with Gasteiger partial charge in [0, 0.05) is 18.7 Å². The second-order valence-corrected chi connectivity index (χ2v) is 4.98. The Balaban J connectivity index is 1.90. The molecule has 2 N–H and O–H groups in total. The maximum absolute atomic E-state index is 6.12. The molecule has 1 aromatic carbocycles. The number of ether oxygens (including phenoxy) is 1. The van der Waals surface area contributed by atoms with Crippen molar-refractivity contribution >= 4 is 11.8 Å². The second kappa shape index (κ2) is 6.58. The molecule has 6 heteroatoms. The van der Waals surface area contributed by atoms with E-state index in [4.69, 9.17) is 14.9 Å². The quantitative estimate of drug-likeness (QED) is 0.819. The largest absolute Gasteiger partial charge is 0.494 e. The van der Waals surface area contributed by atoms with Crippen LogP contribution in [0.3, 0.4) is 0 Å². The van der Waals surface area contributed by atoms with Gasteiger partial charge in [-0.1, -0.05) is 23.9 Å². The zero-order valence-corrected chi connectivity index (χ0v) is 11.8. The minimum absolute atomic E-state index is 0.0760. The molecule has 1 heterocycles. The highest BCUT2D eigenvalue weighted by atomic mass is 32.2. The van der Waals surface area contributed by atoms with Crippen LogP contribution in [-0.4, -0.2) is 22.6 Å². The zero-order chi connectivity index (χ0) is 13.7. The Labute approximate surface area is 116 Å². The lowest BCUT2D eigenvalue weighted by Crippen LogP contribution is -2.12. The van der Waals surface area contributed by atoms with E-state index in [1.165, 1.54) is 11.8 Å². The predicted molar refractivity (Wildman–Crippen MR) is 74.3 cm³/mol. The van der Waals surface area contributed by atoms with Crippen molar-refractivity contribution in [2.24, 2.45) is 5.73 Å². The van der Waals surface area contributed by atoms with Gasteiger partial charge in [0.2, 0.25) is 5.89 Å². The molecule has 0 aliphatic heterocycles. The summed E-state index contributed by atoms with van der Waals surface area (Å²) < 4.78 is 10.7. The van der Waals surface area contributed by atoms with Crippen LogP contribution in [0.1, 0.15) is 24.4 Å². The second-order valence-electron chi connectivity index (χ2n) is 4.01. The van der Waals surface area contributed by atoms with Gasteiger partial charge in [0.15, 0.2) is 0 Å². The summed E-state index contributed by atoms with van der Waals surface area (Å²) in [6.45, 7) is 4.39. The molecule has 0 aliphatic carbocycles. The molecule has 1 atom stereocenters. The van der Waals surface area contributed by atoms with Gasteiger partial charge in [0.1, 0.15) is 5.75 Å². The van der Waals surface area contributed by atoms with Crippen molar-refractivity contribution in [3.8, 4) is 5.75 Å². The molecule has 2 aromatic rings. The normalized spacial score (nSPS) is 12.4. The van der Waals surface area contributed by atoms with Crippen LogP contribution in [-0.2, 0) is 0 Å². The van der Waals surface area contributed by atoms with Crippen LogP contribution in [0.15, 0.2) is 33.9 Å². The fraction of sp³-hybridized carbons (Fsp3) is 0.385. The Morgan fingerprint density at radius 1 is 1.32 bits per heavy atom. The van der Waals surface area contributed by atoms with E-state index in [0.29, 0.717) is 23.5 Å². The molecule has 1 unspecified atom stereocenters. The van der Waals surface area contributed by atoms with E-state index in [-0.39, 0.29) is 6.04 Å². The number of aryl methyl sites for hydroxylation is 1. The number of hydrogen-bond acceptors (Lipinski definition) is 6. The molecule has 0 fully saturated rings. The Morgan fingerprint density at radius 3 is 2.63 bits per heavy atom. The van der Waals surface area contributed by atoms with E-state index in [1.54, 1.807) is 6.92 Å². The highest BCUT2D eigenvalue weighted by Gasteiger charge is 2.10. The molecule has 1 aromatic heterocycles. The number of nitrogens with two attached hydrogens (primary N) is 1. The van der Waals surface area contributed by atoms with Gasteiger partial charge in [-0.3, -0.25) is 0 Å². The van der Waals surface area contributed by atoms with Crippen molar-refractivity contribution in [1.82, 2.24) is 10.2 Å². The van der Waals surface area contributed by atoms with Crippen molar-refractivity contribution in [3.05, 3.63) is 35.7 Å². The molecule has 0 radical (unpaired) electrons. The van der Waals surface area contributed by atoms with Crippen LogP contribution in [0.25, 0.3) is 0 Å². The van der Waals surface area contributed by atoms with Gasteiger partial charge in [-0.05, 0) is 24.6 Å². The van der Waals surface area contributed by atoms with Gasteiger partial charge < -0.3 is 14.9 Å². The first-order valence-electron chi connectivity index (χ1n) is 6.10. The van der Waals surface area contributed by atoms with Gasteiger partial charge >= 0.3 is 0 Å². The topological polar surface area (TPSA) is 74.2 Å². The van der Waals surface area contributed by atoms with E-state index >= 15 is 0 Å².